The highest BCUT2D eigenvalue weighted by atomic mass is 16.4. The third-order valence-electron chi connectivity index (χ3n) is 9.67. The number of phenols is 1. The Hall–Kier alpha value is -5.58. The first kappa shape index (κ1) is 28.2. The minimum absolute atomic E-state index is 0.00358. The van der Waals surface area contributed by atoms with Gasteiger partial charge < -0.3 is 15.3 Å². The van der Waals surface area contributed by atoms with Crippen molar-refractivity contribution in [2.75, 3.05) is 9.80 Å². The summed E-state index contributed by atoms with van der Waals surface area (Å²) in [5, 5.41) is 29.5. The van der Waals surface area contributed by atoms with Gasteiger partial charge in [-0.2, -0.15) is 0 Å². The standard InChI is InChI=1S/C34H26N2O9/c37-25-4-2-1-3-21(25)26-20-13-14-22-27(31(40)35(29(22)38)18-9-5-16(6-10-18)33(42)43)23(20)15-24-28(26)32(41)36(30(24)39)19-11-7-17(8-12-19)34(44)45/h1-13,22-24,26-28,37H,14-15H2,(H,42,43)(H,44,45)/t22-,23+,24+,26+,27-,28+/m0/s1. The monoisotopic (exact) mass is 606 g/mol. The summed E-state index contributed by atoms with van der Waals surface area (Å²) in [5.41, 5.74) is 1.63. The summed E-state index contributed by atoms with van der Waals surface area (Å²) in [4.78, 5) is 80.7. The van der Waals surface area contributed by atoms with Gasteiger partial charge in [-0.1, -0.05) is 29.8 Å². The van der Waals surface area contributed by atoms with Crippen molar-refractivity contribution in [3.05, 3.63) is 101 Å². The van der Waals surface area contributed by atoms with E-state index in [1.165, 1.54) is 54.6 Å². The van der Waals surface area contributed by atoms with E-state index in [1.54, 1.807) is 18.2 Å². The molecule has 3 N–H and O–H groups in total. The molecule has 2 saturated heterocycles. The number of anilines is 2. The molecule has 45 heavy (non-hydrogen) atoms. The lowest BCUT2D eigenvalue weighted by Crippen LogP contribution is -2.43. The van der Waals surface area contributed by atoms with Gasteiger partial charge in [0.15, 0.2) is 0 Å². The maximum atomic E-state index is 14.1. The van der Waals surface area contributed by atoms with E-state index < -0.39 is 71.1 Å². The van der Waals surface area contributed by atoms with Crippen LogP contribution in [0.5, 0.6) is 5.75 Å². The molecule has 6 atom stereocenters. The number of imide groups is 2. The maximum Gasteiger partial charge on any atom is 0.335 e. The normalized spacial score (nSPS) is 27.2. The van der Waals surface area contributed by atoms with E-state index in [1.807, 2.05) is 6.08 Å². The summed E-state index contributed by atoms with van der Waals surface area (Å²) in [6.07, 6.45) is 2.21. The molecular weight excluding hydrogens is 580 g/mol. The fourth-order valence-electron chi connectivity index (χ4n) is 7.70. The van der Waals surface area contributed by atoms with E-state index in [2.05, 4.69) is 0 Å². The number of carbonyl (C=O) groups excluding carboxylic acids is 4. The number of hydrogen-bond donors (Lipinski definition) is 3. The molecule has 0 unspecified atom stereocenters. The molecule has 2 aliphatic heterocycles. The predicted molar refractivity (Wildman–Crippen MR) is 157 cm³/mol. The van der Waals surface area contributed by atoms with E-state index >= 15 is 0 Å². The molecule has 11 nitrogen and oxygen atoms in total. The zero-order valence-corrected chi connectivity index (χ0v) is 23.6. The molecule has 2 aliphatic carbocycles. The highest BCUT2D eigenvalue weighted by molar-refractivity contribution is 6.24. The molecule has 11 heteroatoms. The summed E-state index contributed by atoms with van der Waals surface area (Å²) in [6, 6.07) is 17.5. The number of phenolic OH excluding ortho intramolecular Hbond substituents is 1. The first-order valence-electron chi connectivity index (χ1n) is 14.5. The molecule has 0 aromatic heterocycles. The number of carboxylic acid groups (broad SMARTS) is 2. The number of benzene rings is 3. The molecule has 3 aromatic rings. The molecule has 3 aromatic carbocycles. The number of amides is 4. The number of para-hydroxylation sites is 1. The largest absolute Gasteiger partial charge is 0.508 e. The van der Waals surface area contributed by atoms with Gasteiger partial charge in [-0.05, 0) is 73.4 Å². The van der Waals surface area contributed by atoms with Crippen LogP contribution >= 0.6 is 0 Å². The second kappa shape index (κ2) is 10.3. The van der Waals surface area contributed by atoms with Gasteiger partial charge in [0.05, 0.1) is 46.2 Å². The average Bonchev–Trinajstić information content (AvgIpc) is 3.44. The number of carboxylic acids is 2. The maximum absolute atomic E-state index is 14.1. The molecular formula is C34H26N2O9. The summed E-state index contributed by atoms with van der Waals surface area (Å²) >= 11 is 0. The van der Waals surface area contributed by atoms with Crippen molar-refractivity contribution in [1.29, 1.82) is 0 Å². The Kier molecular flexibility index (Phi) is 6.43. The third kappa shape index (κ3) is 4.18. The molecule has 1 saturated carbocycles. The topological polar surface area (TPSA) is 170 Å². The first-order valence-corrected chi connectivity index (χ1v) is 14.5. The Morgan fingerprint density at radius 2 is 1.13 bits per heavy atom. The lowest BCUT2D eigenvalue weighted by atomic mass is 9.57. The lowest BCUT2D eigenvalue weighted by Gasteiger charge is -2.44. The van der Waals surface area contributed by atoms with Crippen LogP contribution in [-0.2, 0) is 19.2 Å². The van der Waals surface area contributed by atoms with Gasteiger partial charge in [-0.25, -0.2) is 9.59 Å². The molecule has 0 spiro atoms. The number of carbonyl (C=O) groups is 6. The number of allylic oxidation sites excluding steroid dienone is 2. The summed E-state index contributed by atoms with van der Waals surface area (Å²) in [7, 11) is 0. The molecule has 226 valence electrons. The van der Waals surface area contributed by atoms with Crippen LogP contribution in [0.25, 0.3) is 0 Å². The number of fused-ring (bicyclic) bond motifs is 4. The van der Waals surface area contributed by atoms with Crippen LogP contribution in [-0.4, -0.2) is 50.9 Å². The fourth-order valence-corrected chi connectivity index (χ4v) is 7.70. The molecule has 0 bridgehead atoms. The van der Waals surface area contributed by atoms with Crippen LogP contribution in [0.4, 0.5) is 11.4 Å². The second-order valence-corrected chi connectivity index (χ2v) is 11.8. The molecule has 7 rings (SSSR count). The van der Waals surface area contributed by atoms with Crippen molar-refractivity contribution in [2.24, 2.45) is 29.6 Å². The van der Waals surface area contributed by atoms with Crippen LogP contribution < -0.4 is 9.80 Å². The molecule has 0 radical (unpaired) electrons. The van der Waals surface area contributed by atoms with Gasteiger partial charge in [-0.15, -0.1) is 0 Å². The van der Waals surface area contributed by atoms with Gasteiger partial charge in [-0.3, -0.25) is 29.0 Å². The van der Waals surface area contributed by atoms with E-state index in [-0.39, 0.29) is 41.1 Å². The van der Waals surface area contributed by atoms with Gasteiger partial charge >= 0.3 is 11.9 Å². The predicted octanol–water partition coefficient (Wildman–Crippen LogP) is 3.83. The minimum atomic E-state index is -1.15. The van der Waals surface area contributed by atoms with Crippen molar-refractivity contribution in [2.45, 2.75) is 18.8 Å². The Balaban J connectivity index is 1.30. The zero-order valence-electron chi connectivity index (χ0n) is 23.6. The van der Waals surface area contributed by atoms with Crippen LogP contribution in [0.3, 0.4) is 0 Å². The van der Waals surface area contributed by atoms with E-state index in [9.17, 15) is 44.1 Å². The van der Waals surface area contributed by atoms with E-state index in [4.69, 9.17) is 0 Å². The number of aromatic hydroxyl groups is 1. The number of rotatable bonds is 5. The summed E-state index contributed by atoms with van der Waals surface area (Å²) in [6.45, 7) is 0. The van der Waals surface area contributed by atoms with Crippen molar-refractivity contribution < 1.29 is 44.1 Å². The SMILES string of the molecule is O=C(O)c1ccc(N2C(=O)[C@H]3[C@H](CC=C4[C@H]3C[C@H]3C(=O)N(c5ccc(C(=O)O)cc5)C(=O)[C@H]3[C@H]4c3ccccc3O)C2=O)cc1. The molecule has 4 amide bonds. The Bertz CT molecular complexity index is 1850. The van der Waals surface area contributed by atoms with E-state index in [0.717, 1.165) is 9.80 Å². The highest BCUT2D eigenvalue weighted by Crippen LogP contribution is 2.59. The lowest BCUT2D eigenvalue weighted by molar-refractivity contribution is -0.126. The van der Waals surface area contributed by atoms with Gasteiger partial charge in [0.25, 0.3) is 0 Å². The van der Waals surface area contributed by atoms with Gasteiger partial charge in [0, 0.05) is 11.5 Å². The summed E-state index contributed by atoms with van der Waals surface area (Å²) < 4.78 is 0. The Morgan fingerprint density at radius 3 is 1.67 bits per heavy atom. The third-order valence-corrected chi connectivity index (χ3v) is 9.67. The molecule has 3 fully saturated rings. The molecule has 4 aliphatic rings. The fraction of sp³-hybridized carbons (Fsp3) is 0.235. The Labute approximate surface area is 256 Å². The highest BCUT2D eigenvalue weighted by Gasteiger charge is 2.62. The van der Waals surface area contributed by atoms with Gasteiger partial charge in [0.1, 0.15) is 5.75 Å². The number of nitrogens with zero attached hydrogens (tertiary/aromatic N) is 2. The van der Waals surface area contributed by atoms with Crippen molar-refractivity contribution >= 4 is 46.9 Å². The van der Waals surface area contributed by atoms with Crippen LogP contribution in [0.15, 0.2) is 84.4 Å². The molecule has 2 heterocycles. The van der Waals surface area contributed by atoms with Crippen LogP contribution in [0.2, 0.25) is 0 Å². The van der Waals surface area contributed by atoms with Crippen LogP contribution in [0, 0.1) is 29.6 Å². The average molecular weight is 607 g/mol. The number of hydrogen-bond acceptors (Lipinski definition) is 7. The van der Waals surface area contributed by atoms with Crippen LogP contribution in [0.1, 0.15) is 45.0 Å². The quantitative estimate of drug-likeness (QED) is 0.289. The Morgan fingerprint density at radius 1 is 0.622 bits per heavy atom. The smallest absolute Gasteiger partial charge is 0.335 e. The van der Waals surface area contributed by atoms with E-state index in [0.29, 0.717) is 11.1 Å². The second-order valence-electron chi connectivity index (χ2n) is 11.8. The van der Waals surface area contributed by atoms with Gasteiger partial charge in [0.2, 0.25) is 23.6 Å². The first-order chi connectivity index (χ1) is 21.6. The zero-order chi connectivity index (χ0) is 31.7. The van der Waals surface area contributed by atoms with Crippen molar-refractivity contribution in [3.63, 3.8) is 0 Å². The summed E-state index contributed by atoms with van der Waals surface area (Å²) in [5.74, 6) is -8.84. The van der Waals surface area contributed by atoms with Crippen molar-refractivity contribution in [1.82, 2.24) is 0 Å². The minimum Gasteiger partial charge on any atom is -0.508 e. The van der Waals surface area contributed by atoms with Crippen molar-refractivity contribution in [3.8, 4) is 5.75 Å². The number of aromatic carboxylic acids is 2.